The second kappa shape index (κ2) is 9.12. The maximum Gasteiger partial charge on any atom is 0.200 e. The molecule has 0 aliphatic carbocycles. The van der Waals surface area contributed by atoms with Gasteiger partial charge in [-0.3, -0.25) is 4.57 Å². The van der Waals surface area contributed by atoms with Crippen LogP contribution in [0, 0.1) is 0 Å². The normalized spacial score (nSPS) is 10.9. The summed E-state index contributed by atoms with van der Waals surface area (Å²) in [4.78, 5) is 0. The van der Waals surface area contributed by atoms with E-state index in [0.29, 0.717) is 29.4 Å². The van der Waals surface area contributed by atoms with Crippen molar-refractivity contribution in [3.63, 3.8) is 0 Å². The standard InChI is InChI=1S/C21H18BrN3O2S/c22-19-12-11-18(27-19)20-23-24-21(25(20)15-16-7-3-1-4-8-16)28-14-13-26-17-9-5-2-6-10-17/h1-12H,13-15H2. The van der Waals surface area contributed by atoms with Gasteiger partial charge in [-0.15, -0.1) is 10.2 Å². The van der Waals surface area contributed by atoms with Crippen molar-refractivity contribution in [2.24, 2.45) is 0 Å². The van der Waals surface area contributed by atoms with Gasteiger partial charge in [-0.25, -0.2) is 0 Å². The van der Waals surface area contributed by atoms with Crippen molar-refractivity contribution in [1.82, 2.24) is 14.8 Å². The number of rotatable bonds is 8. The van der Waals surface area contributed by atoms with E-state index in [1.807, 2.05) is 60.7 Å². The molecule has 2 heterocycles. The molecule has 2 aromatic carbocycles. The maximum atomic E-state index is 5.78. The zero-order chi connectivity index (χ0) is 19.2. The number of aromatic nitrogens is 3. The van der Waals surface area contributed by atoms with Crippen molar-refractivity contribution in [1.29, 1.82) is 0 Å². The van der Waals surface area contributed by atoms with Crippen LogP contribution >= 0.6 is 27.7 Å². The fraction of sp³-hybridized carbons (Fsp3) is 0.143. The van der Waals surface area contributed by atoms with Crippen LogP contribution in [0.4, 0.5) is 0 Å². The predicted molar refractivity (Wildman–Crippen MR) is 114 cm³/mol. The van der Waals surface area contributed by atoms with Crippen LogP contribution in [0.3, 0.4) is 0 Å². The molecule has 0 aliphatic heterocycles. The first-order chi connectivity index (χ1) is 13.8. The highest BCUT2D eigenvalue weighted by atomic mass is 79.9. The number of hydrogen-bond acceptors (Lipinski definition) is 5. The fourth-order valence-electron chi connectivity index (χ4n) is 2.73. The van der Waals surface area contributed by atoms with Gasteiger partial charge in [-0.1, -0.05) is 60.3 Å². The van der Waals surface area contributed by atoms with Gasteiger partial charge < -0.3 is 9.15 Å². The van der Waals surface area contributed by atoms with E-state index >= 15 is 0 Å². The van der Waals surface area contributed by atoms with E-state index < -0.39 is 0 Å². The largest absolute Gasteiger partial charge is 0.493 e. The predicted octanol–water partition coefficient (Wildman–Crippen LogP) is 5.52. The second-order valence-corrected chi connectivity index (χ2v) is 7.84. The maximum absolute atomic E-state index is 5.78. The lowest BCUT2D eigenvalue weighted by molar-refractivity contribution is 0.344. The van der Waals surface area contributed by atoms with Gasteiger partial charge in [0.1, 0.15) is 5.75 Å². The molecule has 4 rings (SSSR count). The van der Waals surface area contributed by atoms with Crippen LogP contribution in [-0.4, -0.2) is 27.1 Å². The molecular weight excluding hydrogens is 438 g/mol. The first-order valence-electron chi connectivity index (χ1n) is 8.83. The van der Waals surface area contributed by atoms with Gasteiger partial charge >= 0.3 is 0 Å². The molecule has 0 saturated heterocycles. The van der Waals surface area contributed by atoms with Crippen LogP contribution in [0.15, 0.2) is 87.0 Å². The molecule has 2 aromatic heterocycles. The minimum atomic E-state index is 0.592. The molecule has 0 amide bonds. The van der Waals surface area contributed by atoms with Crippen molar-refractivity contribution in [3.8, 4) is 17.3 Å². The zero-order valence-corrected chi connectivity index (χ0v) is 17.4. The summed E-state index contributed by atoms with van der Waals surface area (Å²) < 4.78 is 14.2. The van der Waals surface area contributed by atoms with E-state index in [4.69, 9.17) is 9.15 Å². The molecular formula is C21H18BrN3O2S. The summed E-state index contributed by atoms with van der Waals surface area (Å²) in [6.45, 7) is 1.26. The number of benzene rings is 2. The summed E-state index contributed by atoms with van der Waals surface area (Å²) in [6, 6.07) is 23.8. The molecule has 7 heteroatoms. The third-order valence-corrected chi connectivity index (χ3v) is 5.38. The Morgan fingerprint density at radius 2 is 1.68 bits per heavy atom. The van der Waals surface area contributed by atoms with Crippen molar-refractivity contribution in [3.05, 3.63) is 83.0 Å². The number of furan rings is 1. The lowest BCUT2D eigenvalue weighted by Crippen LogP contribution is -2.06. The molecule has 0 radical (unpaired) electrons. The van der Waals surface area contributed by atoms with Crippen LogP contribution in [0.25, 0.3) is 11.6 Å². The molecule has 4 aromatic rings. The molecule has 0 aliphatic rings. The molecule has 142 valence electrons. The summed E-state index contributed by atoms with van der Waals surface area (Å²) in [6.07, 6.45) is 0. The molecule has 0 atom stereocenters. The number of halogens is 1. The van der Waals surface area contributed by atoms with E-state index in [2.05, 4.69) is 42.8 Å². The smallest absolute Gasteiger partial charge is 0.200 e. The minimum absolute atomic E-state index is 0.592. The number of thioether (sulfide) groups is 1. The van der Waals surface area contributed by atoms with E-state index in [-0.39, 0.29) is 0 Å². The van der Waals surface area contributed by atoms with Crippen LogP contribution < -0.4 is 4.74 Å². The fourth-order valence-corrected chi connectivity index (χ4v) is 3.79. The monoisotopic (exact) mass is 455 g/mol. The van der Waals surface area contributed by atoms with Crippen molar-refractivity contribution >= 4 is 27.7 Å². The minimum Gasteiger partial charge on any atom is -0.493 e. The van der Waals surface area contributed by atoms with Gasteiger partial charge in [0.25, 0.3) is 0 Å². The van der Waals surface area contributed by atoms with E-state index in [0.717, 1.165) is 16.7 Å². The lowest BCUT2D eigenvalue weighted by Gasteiger charge is -2.10. The molecule has 0 N–H and O–H groups in total. The van der Waals surface area contributed by atoms with Crippen molar-refractivity contribution < 1.29 is 9.15 Å². The summed E-state index contributed by atoms with van der Waals surface area (Å²) >= 11 is 4.97. The third kappa shape index (κ3) is 4.66. The SMILES string of the molecule is Brc1ccc(-c2nnc(SCCOc3ccccc3)n2Cc2ccccc2)o1. The summed E-state index contributed by atoms with van der Waals surface area (Å²) in [7, 11) is 0. The second-order valence-electron chi connectivity index (χ2n) is 5.99. The highest BCUT2D eigenvalue weighted by Gasteiger charge is 2.17. The Bertz CT molecular complexity index is 1020. The number of para-hydroxylation sites is 1. The van der Waals surface area contributed by atoms with Gasteiger partial charge in [-0.05, 0) is 45.8 Å². The van der Waals surface area contributed by atoms with Gasteiger partial charge in [0.15, 0.2) is 15.6 Å². The summed E-state index contributed by atoms with van der Waals surface area (Å²) in [5.74, 6) is 3.03. The van der Waals surface area contributed by atoms with E-state index in [9.17, 15) is 0 Å². The third-order valence-electron chi connectivity index (χ3n) is 4.02. The number of hydrogen-bond donors (Lipinski definition) is 0. The topological polar surface area (TPSA) is 53.1 Å². The molecule has 0 spiro atoms. The summed E-state index contributed by atoms with van der Waals surface area (Å²) in [5.41, 5.74) is 1.18. The van der Waals surface area contributed by atoms with Crippen LogP contribution in [-0.2, 0) is 6.54 Å². The first kappa shape index (κ1) is 18.8. The average Bonchev–Trinajstić information content (AvgIpc) is 3.33. The Kier molecular flexibility index (Phi) is 6.14. The average molecular weight is 456 g/mol. The van der Waals surface area contributed by atoms with E-state index in [1.165, 1.54) is 5.56 Å². The van der Waals surface area contributed by atoms with Crippen molar-refractivity contribution in [2.45, 2.75) is 11.7 Å². The lowest BCUT2D eigenvalue weighted by atomic mass is 10.2. The summed E-state index contributed by atoms with van der Waals surface area (Å²) in [5, 5.41) is 9.59. The Labute approximate surface area is 175 Å². The van der Waals surface area contributed by atoms with Gasteiger partial charge in [-0.2, -0.15) is 0 Å². The Balaban J connectivity index is 1.50. The van der Waals surface area contributed by atoms with Crippen molar-refractivity contribution in [2.75, 3.05) is 12.4 Å². The molecule has 0 fully saturated rings. The Hall–Kier alpha value is -2.51. The van der Waals surface area contributed by atoms with Crippen LogP contribution in [0.5, 0.6) is 5.75 Å². The van der Waals surface area contributed by atoms with Crippen LogP contribution in [0.2, 0.25) is 0 Å². The number of nitrogens with zero attached hydrogens (tertiary/aromatic N) is 3. The van der Waals surface area contributed by atoms with E-state index in [1.54, 1.807) is 11.8 Å². The highest BCUT2D eigenvalue weighted by molar-refractivity contribution is 9.10. The quantitative estimate of drug-likeness (QED) is 0.258. The first-order valence-corrected chi connectivity index (χ1v) is 10.6. The Morgan fingerprint density at radius 3 is 2.39 bits per heavy atom. The number of ether oxygens (including phenoxy) is 1. The molecule has 0 bridgehead atoms. The van der Waals surface area contributed by atoms with Gasteiger partial charge in [0.05, 0.1) is 13.2 Å². The zero-order valence-electron chi connectivity index (χ0n) is 15.0. The van der Waals surface area contributed by atoms with Gasteiger partial charge in [0, 0.05) is 5.75 Å². The molecule has 0 saturated carbocycles. The Morgan fingerprint density at radius 1 is 0.929 bits per heavy atom. The highest BCUT2D eigenvalue weighted by Crippen LogP contribution is 2.28. The molecule has 5 nitrogen and oxygen atoms in total. The molecule has 0 unspecified atom stereocenters. The van der Waals surface area contributed by atoms with Gasteiger partial charge in [0.2, 0.25) is 5.82 Å². The van der Waals surface area contributed by atoms with Crippen LogP contribution in [0.1, 0.15) is 5.56 Å². The molecule has 28 heavy (non-hydrogen) atoms.